The number of methoxy groups -OCH3 is 1. The van der Waals surface area contributed by atoms with E-state index in [1.807, 2.05) is 6.07 Å². The average Bonchev–Trinajstić information content (AvgIpc) is 3.17. The van der Waals surface area contributed by atoms with E-state index in [-0.39, 0.29) is 0 Å². The molecule has 1 aliphatic rings. The van der Waals surface area contributed by atoms with E-state index in [0.717, 1.165) is 25.9 Å². The SMILES string of the molecule is COCCNc1nc2nonc2nc1NC1CCN(c2ccccc2)CC1. The van der Waals surface area contributed by atoms with Crippen LogP contribution in [-0.2, 0) is 4.74 Å². The van der Waals surface area contributed by atoms with Gasteiger partial charge >= 0.3 is 0 Å². The Balaban J connectivity index is 1.44. The highest BCUT2D eigenvalue weighted by Crippen LogP contribution is 2.25. The van der Waals surface area contributed by atoms with E-state index in [9.17, 15) is 0 Å². The van der Waals surface area contributed by atoms with Gasteiger partial charge in [0.1, 0.15) is 0 Å². The molecule has 0 unspecified atom stereocenters. The molecule has 0 amide bonds. The number of benzene rings is 1. The fraction of sp³-hybridized carbons (Fsp3) is 0.444. The van der Waals surface area contributed by atoms with Crippen molar-refractivity contribution in [2.75, 3.05) is 48.9 Å². The molecule has 1 fully saturated rings. The molecule has 9 heteroatoms. The number of nitrogens with zero attached hydrogens (tertiary/aromatic N) is 5. The van der Waals surface area contributed by atoms with E-state index in [2.05, 4.69) is 60.1 Å². The van der Waals surface area contributed by atoms with Gasteiger partial charge in [0.15, 0.2) is 11.6 Å². The van der Waals surface area contributed by atoms with Crippen LogP contribution in [0.4, 0.5) is 17.3 Å². The van der Waals surface area contributed by atoms with Crippen LogP contribution in [0.3, 0.4) is 0 Å². The number of aromatic nitrogens is 4. The molecule has 4 rings (SSSR count). The molecular weight excluding hydrogens is 346 g/mol. The number of para-hydroxylation sites is 1. The van der Waals surface area contributed by atoms with Crippen LogP contribution in [0.2, 0.25) is 0 Å². The van der Waals surface area contributed by atoms with Gasteiger partial charge in [-0.15, -0.1) is 0 Å². The summed E-state index contributed by atoms with van der Waals surface area (Å²) in [6.45, 7) is 3.19. The van der Waals surface area contributed by atoms with E-state index >= 15 is 0 Å². The van der Waals surface area contributed by atoms with Crippen molar-refractivity contribution < 1.29 is 9.37 Å². The number of anilines is 3. The molecule has 3 aromatic rings. The van der Waals surface area contributed by atoms with Crippen LogP contribution in [0, 0.1) is 0 Å². The largest absolute Gasteiger partial charge is 0.383 e. The number of hydrogen-bond donors (Lipinski definition) is 2. The van der Waals surface area contributed by atoms with Crippen molar-refractivity contribution in [3.63, 3.8) is 0 Å². The van der Waals surface area contributed by atoms with Crippen molar-refractivity contribution in [3.05, 3.63) is 30.3 Å². The lowest BCUT2D eigenvalue weighted by atomic mass is 10.0. The first-order chi connectivity index (χ1) is 13.3. The van der Waals surface area contributed by atoms with E-state index in [4.69, 9.17) is 9.37 Å². The van der Waals surface area contributed by atoms with Gasteiger partial charge in [-0.3, -0.25) is 0 Å². The lowest BCUT2D eigenvalue weighted by molar-refractivity contribution is 0.210. The van der Waals surface area contributed by atoms with Gasteiger partial charge in [-0.25, -0.2) is 14.6 Å². The third-order valence-corrected chi connectivity index (χ3v) is 4.67. The minimum atomic E-state index is 0.319. The van der Waals surface area contributed by atoms with Crippen molar-refractivity contribution in [3.8, 4) is 0 Å². The van der Waals surface area contributed by atoms with E-state index in [1.54, 1.807) is 7.11 Å². The molecule has 0 aliphatic carbocycles. The summed E-state index contributed by atoms with van der Waals surface area (Å²) >= 11 is 0. The summed E-state index contributed by atoms with van der Waals surface area (Å²) in [5.41, 5.74) is 2.06. The molecule has 1 aliphatic heterocycles. The van der Waals surface area contributed by atoms with Gasteiger partial charge in [-0.1, -0.05) is 18.2 Å². The number of piperidine rings is 1. The number of rotatable bonds is 7. The standard InChI is InChI=1S/C18H23N7O2/c1-26-12-9-19-15-16(22-18-17(21-15)23-27-24-18)20-13-7-10-25(11-8-13)14-5-3-2-4-6-14/h2-6,13H,7-12H2,1H3,(H,19,21,23)(H,20,22,24). The van der Waals surface area contributed by atoms with Crippen molar-refractivity contribution in [2.24, 2.45) is 0 Å². The molecule has 2 N–H and O–H groups in total. The maximum Gasteiger partial charge on any atom is 0.245 e. The van der Waals surface area contributed by atoms with Gasteiger partial charge in [0, 0.05) is 38.5 Å². The first kappa shape index (κ1) is 17.5. The van der Waals surface area contributed by atoms with Gasteiger partial charge < -0.3 is 20.3 Å². The molecule has 27 heavy (non-hydrogen) atoms. The first-order valence-electron chi connectivity index (χ1n) is 9.13. The Kier molecular flexibility index (Phi) is 5.29. The Morgan fingerprint density at radius 2 is 1.78 bits per heavy atom. The summed E-state index contributed by atoms with van der Waals surface area (Å²) in [6, 6.07) is 10.8. The lowest BCUT2D eigenvalue weighted by Gasteiger charge is -2.34. The minimum absolute atomic E-state index is 0.319. The molecule has 1 saturated heterocycles. The Bertz CT molecular complexity index is 863. The van der Waals surface area contributed by atoms with Crippen molar-refractivity contribution in [1.82, 2.24) is 20.3 Å². The monoisotopic (exact) mass is 369 g/mol. The maximum absolute atomic E-state index is 5.10. The predicted molar refractivity (Wildman–Crippen MR) is 103 cm³/mol. The van der Waals surface area contributed by atoms with E-state index < -0.39 is 0 Å². The molecule has 0 spiro atoms. The van der Waals surface area contributed by atoms with Crippen molar-refractivity contribution in [2.45, 2.75) is 18.9 Å². The normalized spacial score (nSPS) is 15.2. The minimum Gasteiger partial charge on any atom is -0.383 e. The topological polar surface area (TPSA) is 101 Å². The van der Waals surface area contributed by atoms with Crippen LogP contribution in [0.1, 0.15) is 12.8 Å². The number of fused-ring (bicyclic) bond motifs is 1. The highest BCUT2D eigenvalue weighted by molar-refractivity contribution is 5.73. The first-order valence-corrected chi connectivity index (χ1v) is 9.13. The highest BCUT2D eigenvalue weighted by Gasteiger charge is 2.22. The summed E-state index contributed by atoms with van der Waals surface area (Å²) < 4.78 is 9.84. The Morgan fingerprint density at radius 3 is 2.48 bits per heavy atom. The molecule has 1 aromatic carbocycles. The fourth-order valence-electron chi connectivity index (χ4n) is 3.25. The highest BCUT2D eigenvalue weighted by atomic mass is 16.6. The summed E-state index contributed by atoms with van der Waals surface area (Å²) in [5, 5.41) is 14.3. The molecule has 2 aromatic heterocycles. The number of nitrogens with one attached hydrogen (secondary N) is 2. The van der Waals surface area contributed by atoms with Crippen molar-refractivity contribution in [1.29, 1.82) is 0 Å². The predicted octanol–water partition coefficient (Wildman–Crippen LogP) is 2.15. The zero-order valence-corrected chi connectivity index (χ0v) is 15.3. The third kappa shape index (κ3) is 4.08. The Hall–Kier alpha value is -2.94. The van der Waals surface area contributed by atoms with Gasteiger partial charge in [0.05, 0.1) is 6.61 Å². The maximum atomic E-state index is 5.10. The lowest BCUT2D eigenvalue weighted by Crippen LogP contribution is -2.39. The smallest absolute Gasteiger partial charge is 0.245 e. The summed E-state index contributed by atoms with van der Waals surface area (Å²) in [6.07, 6.45) is 2.03. The van der Waals surface area contributed by atoms with Crippen LogP contribution in [0.5, 0.6) is 0 Å². The van der Waals surface area contributed by atoms with Gasteiger partial charge in [0.2, 0.25) is 11.3 Å². The Morgan fingerprint density at radius 1 is 1.07 bits per heavy atom. The van der Waals surface area contributed by atoms with Crippen LogP contribution in [-0.4, -0.2) is 59.7 Å². The van der Waals surface area contributed by atoms with E-state index in [0.29, 0.717) is 42.1 Å². The van der Waals surface area contributed by atoms with Crippen LogP contribution in [0.15, 0.2) is 35.0 Å². The van der Waals surface area contributed by atoms with E-state index in [1.165, 1.54) is 5.69 Å². The number of hydrogen-bond acceptors (Lipinski definition) is 9. The van der Waals surface area contributed by atoms with Crippen molar-refractivity contribution >= 4 is 28.6 Å². The van der Waals surface area contributed by atoms with Crippen LogP contribution >= 0.6 is 0 Å². The molecule has 0 saturated carbocycles. The molecule has 0 radical (unpaired) electrons. The van der Waals surface area contributed by atoms with Crippen LogP contribution < -0.4 is 15.5 Å². The molecule has 0 atom stereocenters. The summed E-state index contributed by atoms with van der Waals surface area (Å²) in [4.78, 5) is 11.4. The second-order valence-electron chi connectivity index (χ2n) is 6.49. The van der Waals surface area contributed by atoms with Crippen LogP contribution in [0.25, 0.3) is 11.3 Å². The molecule has 142 valence electrons. The number of ether oxygens (including phenoxy) is 1. The molecular formula is C18H23N7O2. The summed E-state index contributed by atoms with van der Waals surface area (Å²) in [5.74, 6) is 1.31. The molecule has 9 nitrogen and oxygen atoms in total. The van der Waals surface area contributed by atoms with Gasteiger partial charge in [-0.2, -0.15) is 0 Å². The quantitative estimate of drug-likeness (QED) is 0.607. The van der Waals surface area contributed by atoms with Gasteiger partial charge in [-0.05, 0) is 35.3 Å². The zero-order chi connectivity index (χ0) is 18.5. The Labute approximate surface area is 157 Å². The van der Waals surface area contributed by atoms with Gasteiger partial charge in [0.25, 0.3) is 0 Å². The zero-order valence-electron chi connectivity index (χ0n) is 15.3. The second-order valence-corrected chi connectivity index (χ2v) is 6.49. The molecule has 3 heterocycles. The fourth-order valence-corrected chi connectivity index (χ4v) is 3.25. The molecule has 0 bridgehead atoms. The third-order valence-electron chi connectivity index (χ3n) is 4.67. The summed E-state index contributed by atoms with van der Waals surface area (Å²) in [7, 11) is 1.66. The second kappa shape index (κ2) is 8.17. The average molecular weight is 369 g/mol.